The third-order valence-corrected chi connectivity index (χ3v) is 17.5. The fourth-order valence-electron chi connectivity index (χ4n) is 13.7. The third-order valence-electron chi connectivity index (χ3n) is 17.5. The van der Waals surface area contributed by atoms with Crippen molar-refractivity contribution in [3.05, 3.63) is 328 Å². The summed E-state index contributed by atoms with van der Waals surface area (Å²) in [6.45, 7) is 0. The van der Waals surface area contributed by atoms with Crippen LogP contribution in [0.3, 0.4) is 0 Å². The van der Waals surface area contributed by atoms with Crippen LogP contribution in [0.4, 0.5) is 0 Å². The molecule has 16 aromatic rings. The molecule has 0 unspecified atom stereocenters. The van der Waals surface area contributed by atoms with Gasteiger partial charge in [-0.1, -0.05) is 309 Å². The molecule has 0 heterocycles. The molecule has 0 atom stereocenters. The summed E-state index contributed by atoms with van der Waals surface area (Å²) >= 11 is 0. The van der Waals surface area contributed by atoms with Gasteiger partial charge < -0.3 is 0 Å². The summed E-state index contributed by atoms with van der Waals surface area (Å²) in [5, 5.41) is 14.6. The van der Waals surface area contributed by atoms with Crippen LogP contribution in [0.15, 0.2) is 328 Å². The zero-order chi connectivity index (χ0) is 55.5. The fourth-order valence-corrected chi connectivity index (χ4v) is 13.7. The number of hydrogen-bond donors (Lipinski definition) is 0. The SMILES string of the molecule is c1ccc(-c2ccc(-c3c(-c4cc(-c5ccc6ccccc6c5-c5ccc(-c6ccccc6)c6ccccc56)cc(-c5ccc6ccccc6c5-c5ccc(-c6ccccc6)c6ccccc56)c4)ccc4ccccc34)c3ccccc23)cc1. The van der Waals surface area contributed by atoms with Gasteiger partial charge >= 0.3 is 0 Å². The van der Waals surface area contributed by atoms with Gasteiger partial charge in [0.05, 0.1) is 0 Å². The molecule has 0 spiro atoms. The maximum atomic E-state index is 2.48. The first-order chi connectivity index (χ1) is 41.7. The first-order valence-electron chi connectivity index (χ1n) is 29.1. The van der Waals surface area contributed by atoms with Crippen molar-refractivity contribution in [2.45, 2.75) is 0 Å². The van der Waals surface area contributed by atoms with Gasteiger partial charge in [0.15, 0.2) is 0 Å². The highest BCUT2D eigenvalue weighted by atomic mass is 14.3. The summed E-state index contributed by atoms with van der Waals surface area (Å²) in [6, 6.07) is 122. The van der Waals surface area contributed by atoms with Crippen molar-refractivity contribution < 1.29 is 0 Å². The first kappa shape index (κ1) is 48.9. The van der Waals surface area contributed by atoms with Gasteiger partial charge in [0, 0.05) is 0 Å². The van der Waals surface area contributed by atoms with E-state index in [1.165, 1.54) is 148 Å². The second-order valence-corrected chi connectivity index (χ2v) is 22.1. The minimum Gasteiger partial charge on any atom is -0.0622 e. The molecule has 0 heteroatoms. The normalized spacial score (nSPS) is 11.6. The molecule has 0 amide bonds. The summed E-state index contributed by atoms with van der Waals surface area (Å²) < 4.78 is 0. The van der Waals surface area contributed by atoms with E-state index in [1.807, 2.05) is 0 Å². The lowest BCUT2D eigenvalue weighted by molar-refractivity contribution is 1.57. The number of benzene rings is 16. The predicted molar refractivity (Wildman–Crippen MR) is 360 cm³/mol. The van der Waals surface area contributed by atoms with Crippen LogP contribution in [-0.2, 0) is 0 Å². The highest BCUT2D eigenvalue weighted by Gasteiger charge is 2.23. The highest BCUT2D eigenvalue weighted by molar-refractivity contribution is 6.18. The molecule has 0 aliphatic carbocycles. The van der Waals surface area contributed by atoms with Gasteiger partial charge in [-0.25, -0.2) is 0 Å². The van der Waals surface area contributed by atoms with Crippen LogP contribution in [0.2, 0.25) is 0 Å². The maximum absolute atomic E-state index is 2.48. The van der Waals surface area contributed by atoms with E-state index in [4.69, 9.17) is 0 Å². The standard InChI is InChI=1S/C84H54/c1-4-22-55(23-5-1)64-46-49-79(76-37-19-16-34-73(64)76)82-67-31-13-10-28-58(67)40-43-70(82)61-52-62(71-44-41-59-29-11-14-32-68(59)83(71)80-50-47-65(56-24-6-2-7-25-56)74-35-17-20-38-77(74)80)54-63(53-61)72-45-42-60-30-12-15-33-69(60)84(72)81-51-48-66(57-26-8-3-9-27-57)75-36-18-21-39-78(75)81/h1-54H. The number of fused-ring (bicyclic) bond motifs is 6. The minimum absolute atomic E-state index is 1.14. The quantitative estimate of drug-likeness (QED) is 0.135. The average Bonchev–Trinajstić information content (AvgIpc) is 2.20. The zero-order valence-electron chi connectivity index (χ0n) is 46.2. The Morgan fingerprint density at radius 1 is 0.119 bits per heavy atom. The van der Waals surface area contributed by atoms with Gasteiger partial charge in [-0.2, -0.15) is 0 Å². The van der Waals surface area contributed by atoms with Crippen molar-refractivity contribution in [2.24, 2.45) is 0 Å². The lowest BCUT2D eigenvalue weighted by Crippen LogP contribution is -1.95. The van der Waals surface area contributed by atoms with Gasteiger partial charge in [-0.05, 0) is 183 Å². The number of rotatable bonds is 9. The van der Waals surface area contributed by atoms with Gasteiger partial charge in [0.2, 0.25) is 0 Å². The Labute approximate surface area is 489 Å². The Balaban J connectivity index is 1.01. The monoisotopic (exact) mass is 1060 g/mol. The second kappa shape index (κ2) is 20.6. The Bertz CT molecular complexity index is 4690. The van der Waals surface area contributed by atoms with Crippen LogP contribution in [-0.4, -0.2) is 0 Å². The van der Waals surface area contributed by atoms with Crippen molar-refractivity contribution in [1.82, 2.24) is 0 Å². The second-order valence-electron chi connectivity index (χ2n) is 22.1. The van der Waals surface area contributed by atoms with E-state index < -0.39 is 0 Å². The van der Waals surface area contributed by atoms with Crippen molar-refractivity contribution in [3.63, 3.8) is 0 Å². The van der Waals surface area contributed by atoms with Gasteiger partial charge in [-0.3, -0.25) is 0 Å². The van der Waals surface area contributed by atoms with Crippen molar-refractivity contribution >= 4 is 64.6 Å². The van der Waals surface area contributed by atoms with Crippen molar-refractivity contribution in [2.75, 3.05) is 0 Å². The van der Waals surface area contributed by atoms with E-state index in [1.54, 1.807) is 0 Å². The Hall–Kier alpha value is -10.9. The minimum atomic E-state index is 1.14. The lowest BCUT2D eigenvalue weighted by atomic mass is 9.81. The van der Waals surface area contributed by atoms with Crippen LogP contribution in [0.5, 0.6) is 0 Å². The molecule has 0 aliphatic heterocycles. The van der Waals surface area contributed by atoms with Gasteiger partial charge in [0.1, 0.15) is 0 Å². The van der Waals surface area contributed by atoms with Crippen LogP contribution in [0.25, 0.3) is 165 Å². The lowest BCUT2D eigenvalue weighted by Gasteiger charge is -2.22. The van der Waals surface area contributed by atoms with Crippen LogP contribution < -0.4 is 0 Å². The predicted octanol–water partition coefficient (Wildman–Crippen LogP) is 23.6. The Morgan fingerprint density at radius 3 is 0.595 bits per heavy atom. The molecule has 0 bridgehead atoms. The third kappa shape index (κ3) is 8.30. The topological polar surface area (TPSA) is 0 Å². The Morgan fingerprint density at radius 2 is 0.321 bits per heavy atom. The maximum Gasteiger partial charge on any atom is -0.00206 e. The summed E-state index contributed by atoms with van der Waals surface area (Å²) in [7, 11) is 0. The van der Waals surface area contributed by atoms with Crippen molar-refractivity contribution in [1.29, 1.82) is 0 Å². The molecule has 0 N–H and O–H groups in total. The van der Waals surface area contributed by atoms with Gasteiger partial charge in [0.25, 0.3) is 0 Å². The molecule has 0 saturated heterocycles. The van der Waals surface area contributed by atoms with E-state index in [0.29, 0.717) is 0 Å². The highest BCUT2D eigenvalue weighted by Crippen LogP contribution is 2.50. The van der Waals surface area contributed by atoms with Crippen LogP contribution >= 0.6 is 0 Å². The summed E-state index contributed by atoms with van der Waals surface area (Å²) in [5.41, 5.74) is 21.5. The number of hydrogen-bond acceptors (Lipinski definition) is 0. The first-order valence-corrected chi connectivity index (χ1v) is 29.1. The summed E-state index contributed by atoms with van der Waals surface area (Å²) in [4.78, 5) is 0. The molecule has 0 fully saturated rings. The smallest absolute Gasteiger partial charge is 0.00206 e. The molecule has 390 valence electrons. The van der Waals surface area contributed by atoms with Crippen LogP contribution in [0.1, 0.15) is 0 Å². The van der Waals surface area contributed by atoms with Gasteiger partial charge in [-0.15, -0.1) is 0 Å². The van der Waals surface area contributed by atoms with Crippen molar-refractivity contribution in [3.8, 4) is 100 Å². The average molecular weight is 1060 g/mol. The molecule has 0 aromatic heterocycles. The molecule has 0 aliphatic rings. The molecule has 0 nitrogen and oxygen atoms in total. The largest absolute Gasteiger partial charge is 0.0622 e. The van der Waals surface area contributed by atoms with Crippen LogP contribution in [0, 0.1) is 0 Å². The van der Waals surface area contributed by atoms with E-state index >= 15 is 0 Å². The molecule has 84 heavy (non-hydrogen) atoms. The van der Waals surface area contributed by atoms with E-state index in [9.17, 15) is 0 Å². The van der Waals surface area contributed by atoms with E-state index in [0.717, 1.165) is 16.7 Å². The molecular formula is C84H54. The fraction of sp³-hybridized carbons (Fsp3) is 0. The zero-order valence-corrected chi connectivity index (χ0v) is 46.2. The summed E-state index contributed by atoms with van der Waals surface area (Å²) in [6.07, 6.45) is 0. The molecule has 0 saturated carbocycles. The summed E-state index contributed by atoms with van der Waals surface area (Å²) in [5.74, 6) is 0. The van der Waals surface area contributed by atoms with E-state index in [2.05, 4.69) is 328 Å². The molecular weight excluding hydrogens is 1010 g/mol. The Kier molecular flexibility index (Phi) is 12.0. The van der Waals surface area contributed by atoms with E-state index in [-0.39, 0.29) is 0 Å². The molecule has 16 aromatic carbocycles. The molecule has 0 radical (unpaired) electrons. The molecule has 16 rings (SSSR count).